The lowest BCUT2D eigenvalue weighted by Gasteiger charge is -2.12. The van der Waals surface area contributed by atoms with Crippen LogP contribution in [0.2, 0.25) is 10.0 Å². The molecule has 0 radical (unpaired) electrons. The Hall–Kier alpha value is -1.71. The molecule has 0 aliphatic rings. The zero-order chi connectivity index (χ0) is 14.7. The van der Waals surface area contributed by atoms with E-state index in [9.17, 15) is 4.79 Å². The lowest BCUT2D eigenvalue weighted by Crippen LogP contribution is -2.05. The Morgan fingerprint density at radius 1 is 1.20 bits per heavy atom. The van der Waals surface area contributed by atoms with E-state index in [4.69, 9.17) is 33.0 Å². The van der Waals surface area contributed by atoms with E-state index in [0.717, 1.165) is 11.1 Å². The maximum atomic E-state index is 11.2. The fourth-order valence-electron chi connectivity index (χ4n) is 1.80. The molecule has 3 nitrogen and oxygen atoms in total. The standard InChI is InChI=1S/C15H12Cl2O3/c1-9-3-2-4-11(15(18)19)14(9)20-8-10-5-6-12(16)13(17)7-10/h2-7H,8H2,1H3,(H,18,19). The van der Waals surface area contributed by atoms with E-state index in [1.165, 1.54) is 6.07 Å². The van der Waals surface area contributed by atoms with Gasteiger partial charge in [0.15, 0.2) is 0 Å². The first kappa shape index (κ1) is 14.7. The van der Waals surface area contributed by atoms with Crippen LogP contribution in [0.15, 0.2) is 36.4 Å². The summed E-state index contributed by atoms with van der Waals surface area (Å²) in [4.78, 5) is 11.2. The molecular formula is C15H12Cl2O3. The molecule has 20 heavy (non-hydrogen) atoms. The van der Waals surface area contributed by atoms with Crippen molar-refractivity contribution in [2.75, 3.05) is 0 Å². The second kappa shape index (κ2) is 6.16. The van der Waals surface area contributed by atoms with E-state index in [-0.39, 0.29) is 12.2 Å². The SMILES string of the molecule is Cc1cccc(C(=O)O)c1OCc1ccc(Cl)c(Cl)c1. The van der Waals surface area contributed by atoms with Crippen molar-refractivity contribution in [3.63, 3.8) is 0 Å². The monoisotopic (exact) mass is 310 g/mol. The van der Waals surface area contributed by atoms with Crippen molar-refractivity contribution in [3.8, 4) is 5.75 Å². The Kier molecular flexibility index (Phi) is 4.53. The molecule has 0 saturated heterocycles. The molecule has 2 aromatic rings. The fraction of sp³-hybridized carbons (Fsp3) is 0.133. The number of hydrogen-bond acceptors (Lipinski definition) is 2. The quantitative estimate of drug-likeness (QED) is 0.899. The van der Waals surface area contributed by atoms with Crippen molar-refractivity contribution in [1.29, 1.82) is 0 Å². The molecule has 2 aromatic carbocycles. The predicted octanol–water partition coefficient (Wildman–Crippen LogP) is 4.58. The minimum Gasteiger partial charge on any atom is -0.488 e. The number of rotatable bonds is 4. The molecule has 0 amide bonds. The molecule has 0 bridgehead atoms. The molecule has 0 aliphatic heterocycles. The van der Waals surface area contributed by atoms with Crippen LogP contribution in [0, 0.1) is 6.92 Å². The first-order valence-electron chi connectivity index (χ1n) is 5.88. The van der Waals surface area contributed by atoms with E-state index >= 15 is 0 Å². The third kappa shape index (κ3) is 3.24. The molecule has 2 rings (SSSR count). The number of aromatic carboxylic acids is 1. The largest absolute Gasteiger partial charge is 0.488 e. The van der Waals surface area contributed by atoms with E-state index in [1.54, 1.807) is 37.3 Å². The number of ether oxygens (including phenoxy) is 1. The van der Waals surface area contributed by atoms with Crippen molar-refractivity contribution in [3.05, 3.63) is 63.1 Å². The summed E-state index contributed by atoms with van der Waals surface area (Å²) in [5.74, 6) is -0.649. The lowest BCUT2D eigenvalue weighted by molar-refractivity contribution is 0.0691. The van der Waals surface area contributed by atoms with Gasteiger partial charge in [-0.3, -0.25) is 0 Å². The van der Waals surface area contributed by atoms with Gasteiger partial charge in [-0.25, -0.2) is 4.79 Å². The molecule has 1 N–H and O–H groups in total. The first-order chi connectivity index (χ1) is 9.49. The predicted molar refractivity (Wildman–Crippen MR) is 78.9 cm³/mol. The van der Waals surface area contributed by atoms with Crippen LogP contribution in [-0.4, -0.2) is 11.1 Å². The van der Waals surface area contributed by atoms with Crippen LogP contribution >= 0.6 is 23.2 Å². The number of aryl methyl sites for hydroxylation is 1. The van der Waals surface area contributed by atoms with Gasteiger partial charge in [0.05, 0.1) is 10.0 Å². The molecule has 0 saturated carbocycles. The smallest absolute Gasteiger partial charge is 0.339 e. The minimum atomic E-state index is -1.02. The van der Waals surface area contributed by atoms with Gasteiger partial charge in [0.25, 0.3) is 0 Å². The summed E-state index contributed by atoms with van der Waals surface area (Å²) in [6.45, 7) is 2.03. The van der Waals surface area contributed by atoms with Gasteiger partial charge in [-0.2, -0.15) is 0 Å². The van der Waals surface area contributed by atoms with E-state index in [1.807, 2.05) is 0 Å². The van der Waals surface area contributed by atoms with Crippen molar-refractivity contribution >= 4 is 29.2 Å². The topological polar surface area (TPSA) is 46.5 Å². The Bertz CT molecular complexity index is 654. The minimum absolute atomic E-state index is 0.144. The van der Waals surface area contributed by atoms with Crippen LogP contribution in [0.4, 0.5) is 0 Å². The number of hydrogen-bond donors (Lipinski definition) is 1. The van der Waals surface area contributed by atoms with Crippen LogP contribution in [0.1, 0.15) is 21.5 Å². The third-order valence-electron chi connectivity index (χ3n) is 2.81. The van der Waals surface area contributed by atoms with Crippen molar-refractivity contribution in [2.45, 2.75) is 13.5 Å². The Morgan fingerprint density at radius 3 is 2.60 bits per heavy atom. The second-order valence-corrected chi connectivity index (χ2v) is 5.11. The van der Waals surface area contributed by atoms with Gasteiger partial charge in [0.1, 0.15) is 17.9 Å². The van der Waals surface area contributed by atoms with E-state index in [0.29, 0.717) is 15.8 Å². The normalized spacial score (nSPS) is 10.3. The first-order valence-corrected chi connectivity index (χ1v) is 6.64. The number of para-hydroxylation sites is 1. The van der Waals surface area contributed by atoms with Gasteiger partial charge < -0.3 is 9.84 Å². The van der Waals surface area contributed by atoms with Crippen LogP contribution in [0.25, 0.3) is 0 Å². The molecule has 0 fully saturated rings. The lowest BCUT2D eigenvalue weighted by atomic mass is 10.1. The van der Waals surface area contributed by atoms with Gasteiger partial charge in [-0.15, -0.1) is 0 Å². The molecule has 0 unspecified atom stereocenters. The Balaban J connectivity index is 2.22. The Morgan fingerprint density at radius 2 is 1.95 bits per heavy atom. The van der Waals surface area contributed by atoms with Gasteiger partial charge >= 0.3 is 5.97 Å². The zero-order valence-electron chi connectivity index (χ0n) is 10.7. The maximum absolute atomic E-state index is 11.2. The molecular weight excluding hydrogens is 299 g/mol. The summed E-state index contributed by atoms with van der Waals surface area (Å²) < 4.78 is 5.63. The van der Waals surface area contributed by atoms with Gasteiger partial charge in [0, 0.05) is 0 Å². The molecule has 0 aromatic heterocycles. The van der Waals surface area contributed by atoms with Crippen LogP contribution in [-0.2, 0) is 6.61 Å². The summed E-state index contributed by atoms with van der Waals surface area (Å²) >= 11 is 11.8. The highest BCUT2D eigenvalue weighted by atomic mass is 35.5. The number of carboxylic acid groups (broad SMARTS) is 1. The van der Waals surface area contributed by atoms with Crippen LogP contribution < -0.4 is 4.74 Å². The van der Waals surface area contributed by atoms with Crippen molar-refractivity contribution in [2.24, 2.45) is 0 Å². The van der Waals surface area contributed by atoms with E-state index in [2.05, 4.69) is 0 Å². The van der Waals surface area contributed by atoms with Crippen LogP contribution in [0.5, 0.6) is 5.75 Å². The number of halogens is 2. The van der Waals surface area contributed by atoms with Crippen molar-refractivity contribution in [1.82, 2.24) is 0 Å². The van der Waals surface area contributed by atoms with Crippen molar-refractivity contribution < 1.29 is 14.6 Å². The molecule has 0 heterocycles. The highest BCUT2D eigenvalue weighted by Crippen LogP contribution is 2.26. The van der Waals surface area contributed by atoms with E-state index < -0.39 is 5.97 Å². The van der Waals surface area contributed by atoms with Crippen LogP contribution in [0.3, 0.4) is 0 Å². The zero-order valence-corrected chi connectivity index (χ0v) is 12.2. The summed E-state index contributed by atoms with van der Waals surface area (Å²) in [5.41, 5.74) is 1.73. The molecule has 0 atom stereocenters. The van der Waals surface area contributed by atoms with Gasteiger partial charge in [-0.05, 0) is 36.2 Å². The molecule has 5 heteroatoms. The fourth-order valence-corrected chi connectivity index (χ4v) is 2.12. The maximum Gasteiger partial charge on any atom is 0.339 e. The highest BCUT2D eigenvalue weighted by molar-refractivity contribution is 6.42. The summed E-state index contributed by atoms with van der Waals surface area (Å²) in [6, 6.07) is 10.2. The summed E-state index contributed by atoms with van der Waals surface area (Å²) in [5, 5.41) is 10.1. The number of carboxylic acids is 1. The summed E-state index contributed by atoms with van der Waals surface area (Å²) in [6.07, 6.45) is 0. The summed E-state index contributed by atoms with van der Waals surface area (Å²) in [7, 11) is 0. The molecule has 104 valence electrons. The highest BCUT2D eigenvalue weighted by Gasteiger charge is 2.13. The Labute approximate surface area is 126 Å². The average Bonchev–Trinajstić information content (AvgIpc) is 2.40. The molecule has 0 aliphatic carbocycles. The molecule has 0 spiro atoms. The third-order valence-corrected chi connectivity index (χ3v) is 3.55. The second-order valence-electron chi connectivity index (χ2n) is 4.29. The van der Waals surface area contributed by atoms with Gasteiger partial charge in [-0.1, -0.05) is 41.4 Å². The number of benzene rings is 2. The number of carbonyl (C=O) groups is 1. The average molecular weight is 311 g/mol. The van der Waals surface area contributed by atoms with Gasteiger partial charge in [0.2, 0.25) is 0 Å².